The van der Waals surface area contributed by atoms with Crippen LogP contribution in [-0.2, 0) is 25.8 Å². The van der Waals surface area contributed by atoms with Crippen LogP contribution < -0.4 is 5.32 Å². The summed E-state index contributed by atoms with van der Waals surface area (Å²) in [6.07, 6.45) is 5.02. The monoisotopic (exact) mass is 384 g/mol. The smallest absolute Gasteiger partial charge is 0.0795 e. The van der Waals surface area contributed by atoms with Gasteiger partial charge in [-0.3, -0.25) is 0 Å². The molecule has 3 heterocycles. The van der Waals surface area contributed by atoms with Crippen LogP contribution in [0.15, 0.2) is 42.6 Å². The Kier molecular flexibility index (Phi) is 4.51. The van der Waals surface area contributed by atoms with Crippen LogP contribution in [-0.4, -0.2) is 21.3 Å². The standard InChI is InChI=1S/C25H28N4/c1-4-17-7-6-8-18(5-2)24(17)29-25(21-15-26-13-12-22(21)28-29)20-10-9-16(3)23-19(20)11-14-27-23/h6-11,14,26-27H,4-5,12-13,15H2,1-3H3. The van der Waals surface area contributed by atoms with Crippen LogP contribution in [0, 0.1) is 6.92 Å². The van der Waals surface area contributed by atoms with E-state index in [2.05, 4.69) is 72.2 Å². The van der Waals surface area contributed by atoms with Gasteiger partial charge in [0.2, 0.25) is 0 Å². The number of nitrogens with one attached hydrogen (secondary N) is 2. The summed E-state index contributed by atoms with van der Waals surface area (Å²) >= 11 is 0. The number of aryl methyl sites for hydroxylation is 3. The Bertz CT molecular complexity index is 1170. The number of H-pyrrole nitrogens is 1. The van der Waals surface area contributed by atoms with Gasteiger partial charge in [0.05, 0.1) is 17.1 Å². The number of hydrogen-bond acceptors (Lipinski definition) is 2. The Balaban J connectivity index is 1.87. The van der Waals surface area contributed by atoms with Crippen molar-refractivity contribution in [3.8, 4) is 16.9 Å². The van der Waals surface area contributed by atoms with Crippen molar-refractivity contribution in [1.29, 1.82) is 0 Å². The zero-order valence-corrected chi connectivity index (χ0v) is 17.5. The SMILES string of the molecule is CCc1cccc(CC)c1-n1nc2c(c1-c1ccc(C)c3[nH]ccc13)CNCC2. The Morgan fingerprint density at radius 1 is 1.03 bits per heavy atom. The molecule has 1 aliphatic rings. The largest absolute Gasteiger partial charge is 0.361 e. The van der Waals surface area contributed by atoms with Gasteiger partial charge in [-0.15, -0.1) is 0 Å². The Labute approximate surface area is 172 Å². The lowest BCUT2D eigenvalue weighted by Crippen LogP contribution is -2.23. The Morgan fingerprint density at radius 2 is 1.83 bits per heavy atom. The van der Waals surface area contributed by atoms with Crippen LogP contribution in [0.2, 0.25) is 0 Å². The molecule has 2 N–H and O–H groups in total. The van der Waals surface area contributed by atoms with Crippen molar-refractivity contribution in [2.75, 3.05) is 6.54 Å². The minimum absolute atomic E-state index is 0.875. The van der Waals surface area contributed by atoms with E-state index in [4.69, 9.17) is 5.10 Å². The molecular weight excluding hydrogens is 356 g/mol. The predicted octanol–water partition coefficient (Wildman–Crippen LogP) is 5.10. The van der Waals surface area contributed by atoms with Crippen molar-refractivity contribution in [2.24, 2.45) is 0 Å². The second kappa shape index (κ2) is 7.20. The molecule has 148 valence electrons. The molecule has 0 amide bonds. The molecule has 0 fully saturated rings. The molecule has 1 aliphatic heterocycles. The van der Waals surface area contributed by atoms with Crippen LogP contribution in [0.4, 0.5) is 0 Å². The number of rotatable bonds is 4. The van der Waals surface area contributed by atoms with Gasteiger partial charge in [-0.05, 0) is 42.5 Å². The molecule has 0 radical (unpaired) electrons. The minimum Gasteiger partial charge on any atom is -0.361 e. The maximum Gasteiger partial charge on any atom is 0.0795 e. The van der Waals surface area contributed by atoms with Gasteiger partial charge in [0, 0.05) is 47.7 Å². The number of hydrogen-bond donors (Lipinski definition) is 2. The third-order valence-electron chi connectivity index (χ3n) is 6.27. The molecule has 0 atom stereocenters. The fourth-order valence-corrected chi connectivity index (χ4v) is 4.74. The van der Waals surface area contributed by atoms with Crippen molar-refractivity contribution < 1.29 is 0 Å². The third kappa shape index (κ3) is 2.82. The summed E-state index contributed by atoms with van der Waals surface area (Å²) in [7, 11) is 0. The lowest BCUT2D eigenvalue weighted by atomic mass is 9.97. The van der Waals surface area contributed by atoms with Crippen molar-refractivity contribution >= 4 is 10.9 Å². The van der Waals surface area contributed by atoms with E-state index in [0.717, 1.165) is 32.4 Å². The summed E-state index contributed by atoms with van der Waals surface area (Å²) < 4.78 is 2.26. The van der Waals surface area contributed by atoms with Crippen molar-refractivity contribution in [3.05, 3.63) is 70.5 Å². The van der Waals surface area contributed by atoms with Crippen molar-refractivity contribution in [2.45, 2.75) is 46.6 Å². The number of nitrogens with zero attached hydrogens (tertiary/aromatic N) is 2. The second-order valence-corrected chi connectivity index (χ2v) is 7.94. The maximum atomic E-state index is 5.19. The average molecular weight is 385 g/mol. The van der Waals surface area contributed by atoms with E-state index >= 15 is 0 Å². The molecule has 0 saturated heterocycles. The molecular formula is C25H28N4. The van der Waals surface area contributed by atoms with Crippen LogP contribution >= 0.6 is 0 Å². The highest BCUT2D eigenvalue weighted by atomic mass is 15.3. The van der Waals surface area contributed by atoms with Gasteiger partial charge in [0.1, 0.15) is 0 Å². The zero-order chi connectivity index (χ0) is 20.0. The first-order chi connectivity index (χ1) is 14.2. The molecule has 0 unspecified atom stereocenters. The summed E-state index contributed by atoms with van der Waals surface area (Å²) in [5.41, 5.74) is 11.6. The highest BCUT2D eigenvalue weighted by molar-refractivity contribution is 5.97. The minimum atomic E-state index is 0.875. The fourth-order valence-electron chi connectivity index (χ4n) is 4.74. The highest BCUT2D eigenvalue weighted by Gasteiger charge is 2.25. The fraction of sp³-hybridized carbons (Fsp3) is 0.320. The Hall–Kier alpha value is -2.85. The molecule has 4 nitrogen and oxygen atoms in total. The molecule has 2 aromatic carbocycles. The van der Waals surface area contributed by atoms with Gasteiger partial charge < -0.3 is 10.3 Å². The van der Waals surface area contributed by atoms with E-state index in [1.807, 2.05) is 6.20 Å². The van der Waals surface area contributed by atoms with Crippen LogP contribution in [0.25, 0.3) is 27.8 Å². The molecule has 4 aromatic rings. The number of aromatic nitrogens is 3. The first-order valence-electron chi connectivity index (χ1n) is 10.7. The molecule has 0 spiro atoms. The van der Waals surface area contributed by atoms with Crippen molar-refractivity contribution in [3.63, 3.8) is 0 Å². The summed E-state index contributed by atoms with van der Waals surface area (Å²) in [6, 6.07) is 13.4. The van der Waals surface area contributed by atoms with Gasteiger partial charge in [0.25, 0.3) is 0 Å². The quantitative estimate of drug-likeness (QED) is 0.514. The number of aromatic amines is 1. The molecule has 2 aromatic heterocycles. The van der Waals surface area contributed by atoms with Gasteiger partial charge in [-0.1, -0.05) is 44.2 Å². The first-order valence-corrected chi connectivity index (χ1v) is 10.7. The zero-order valence-electron chi connectivity index (χ0n) is 17.5. The van der Waals surface area contributed by atoms with Crippen molar-refractivity contribution in [1.82, 2.24) is 20.1 Å². The maximum absolute atomic E-state index is 5.19. The Morgan fingerprint density at radius 3 is 2.59 bits per heavy atom. The van der Waals surface area contributed by atoms with E-state index in [9.17, 15) is 0 Å². The van der Waals surface area contributed by atoms with E-state index in [1.54, 1.807) is 0 Å². The second-order valence-electron chi connectivity index (χ2n) is 7.94. The molecule has 0 saturated carbocycles. The summed E-state index contributed by atoms with van der Waals surface area (Å²) in [4.78, 5) is 3.43. The number of benzene rings is 2. The van der Waals surface area contributed by atoms with E-state index in [0.29, 0.717) is 0 Å². The average Bonchev–Trinajstić information content (AvgIpc) is 3.39. The third-order valence-corrected chi connectivity index (χ3v) is 6.27. The lowest BCUT2D eigenvalue weighted by molar-refractivity contribution is 0.635. The molecule has 5 rings (SSSR count). The van der Waals surface area contributed by atoms with Crippen LogP contribution in [0.5, 0.6) is 0 Å². The molecule has 0 bridgehead atoms. The highest BCUT2D eigenvalue weighted by Crippen LogP contribution is 2.37. The first kappa shape index (κ1) is 18.2. The van der Waals surface area contributed by atoms with E-state index in [1.165, 1.54) is 55.8 Å². The number of fused-ring (bicyclic) bond motifs is 2. The van der Waals surface area contributed by atoms with Gasteiger partial charge in [0.15, 0.2) is 0 Å². The number of para-hydroxylation sites is 1. The topological polar surface area (TPSA) is 45.6 Å². The summed E-state index contributed by atoms with van der Waals surface area (Å²) in [6.45, 7) is 8.50. The van der Waals surface area contributed by atoms with Crippen LogP contribution in [0.3, 0.4) is 0 Å². The summed E-state index contributed by atoms with van der Waals surface area (Å²) in [5, 5.41) is 10.0. The van der Waals surface area contributed by atoms with E-state index in [-0.39, 0.29) is 0 Å². The van der Waals surface area contributed by atoms with Crippen LogP contribution in [0.1, 0.15) is 41.8 Å². The summed E-state index contributed by atoms with van der Waals surface area (Å²) in [5.74, 6) is 0. The van der Waals surface area contributed by atoms with Gasteiger partial charge in [-0.2, -0.15) is 5.10 Å². The normalized spacial score (nSPS) is 13.8. The molecule has 29 heavy (non-hydrogen) atoms. The predicted molar refractivity (Wildman–Crippen MR) is 120 cm³/mol. The molecule has 4 heteroatoms. The van der Waals surface area contributed by atoms with Gasteiger partial charge >= 0.3 is 0 Å². The molecule has 0 aliphatic carbocycles. The van der Waals surface area contributed by atoms with E-state index < -0.39 is 0 Å². The van der Waals surface area contributed by atoms with Gasteiger partial charge in [-0.25, -0.2) is 4.68 Å². The lowest BCUT2D eigenvalue weighted by Gasteiger charge is -2.18.